The molecular weight excluding hydrogens is 544 g/mol. The summed E-state index contributed by atoms with van der Waals surface area (Å²) in [4.78, 5) is 35.7. The SMILES string of the molecule is CCC(OC(C)=O)C(C)C1OC1CC(C)(O)/C=C/C=C(\C)C1OC(=O)CC(O)CCC(C)(O)C(OC(C)=O)/C=C/C1C. The summed E-state index contributed by atoms with van der Waals surface area (Å²) in [6.45, 7) is 13.4. The Morgan fingerprint density at radius 1 is 1.24 bits per heavy atom. The fraction of sp³-hybridized carbons (Fsp3) is 0.719. The number of epoxide rings is 1. The van der Waals surface area contributed by atoms with Gasteiger partial charge < -0.3 is 34.3 Å². The lowest BCUT2D eigenvalue weighted by Crippen LogP contribution is -2.42. The summed E-state index contributed by atoms with van der Waals surface area (Å²) in [5.74, 6) is -1.81. The molecule has 10 heteroatoms. The normalized spacial score (nSPS) is 34.6. The van der Waals surface area contributed by atoms with Crippen LogP contribution in [0.15, 0.2) is 36.0 Å². The summed E-state index contributed by atoms with van der Waals surface area (Å²) >= 11 is 0. The molecule has 0 amide bonds. The van der Waals surface area contributed by atoms with Crippen LogP contribution in [-0.4, -0.2) is 81.1 Å². The second-order valence-corrected chi connectivity index (χ2v) is 12.3. The first-order valence-corrected chi connectivity index (χ1v) is 14.8. The molecule has 0 saturated carbocycles. The molecule has 1 saturated heterocycles. The quantitative estimate of drug-likeness (QED) is 0.112. The van der Waals surface area contributed by atoms with Gasteiger partial charge in [-0.3, -0.25) is 14.4 Å². The van der Waals surface area contributed by atoms with Crippen LogP contribution in [-0.2, 0) is 33.3 Å². The van der Waals surface area contributed by atoms with Gasteiger partial charge >= 0.3 is 17.9 Å². The van der Waals surface area contributed by atoms with Gasteiger partial charge in [-0.15, -0.1) is 0 Å². The summed E-state index contributed by atoms with van der Waals surface area (Å²) in [6, 6.07) is 0. The molecule has 0 aliphatic carbocycles. The van der Waals surface area contributed by atoms with Crippen molar-refractivity contribution < 1.29 is 48.7 Å². The number of hydrogen-bond donors (Lipinski definition) is 3. The molecule has 2 aliphatic heterocycles. The van der Waals surface area contributed by atoms with E-state index in [2.05, 4.69) is 0 Å². The molecule has 3 N–H and O–H groups in total. The van der Waals surface area contributed by atoms with Crippen molar-refractivity contribution in [1.29, 1.82) is 0 Å². The van der Waals surface area contributed by atoms with Crippen LogP contribution in [0, 0.1) is 11.8 Å². The maximum Gasteiger partial charge on any atom is 0.309 e. The largest absolute Gasteiger partial charge is 0.462 e. The molecule has 0 spiro atoms. The molecule has 2 rings (SSSR count). The average Bonchev–Trinajstić information content (AvgIpc) is 3.63. The van der Waals surface area contributed by atoms with Crippen LogP contribution in [0.4, 0.5) is 0 Å². The fourth-order valence-electron chi connectivity index (χ4n) is 5.38. The van der Waals surface area contributed by atoms with Crippen molar-refractivity contribution in [3.63, 3.8) is 0 Å². The van der Waals surface area contributed by atoms with Crippen LogP contribution < -0.4 is 0 Å². The second-order valence-electron chi connectivity index (χ2n) is 12.3. The number of esters is 3. The smallest absolute Gasteiger partial charge is 0.309 e. The van der Waals surface area contributed by atoms with Crippen molar-refractivity contribution in [2.75, 3.05) is 0 Å². The van der Waals surface area contributed by atoms with E-state index < -0.39 is 41.5 Å². The van der Waals surface area contributed by atoms with Gasteiger partial charge in [0.25, 0.3) is 0 Å². The lowest BCUT2D eigenvalue weighted by molar-refractivity contribution is -0.157. The fourth-order valence-corrected chi connectivity index (χ4v) is 5.38. The molecule has 1 fully saturated rings. The molecule has 0 bridgehead atoms. The minimum absolute atomic E-state index is 0.00110. The minimum atomic E-state index is -1.44. The van der Waals surface area contributed by atoms with Crippen molar-refractivity contribution in [2.24, 2.45) is 11.8 Å². The van der Waals surface area contributed by atoms with Crippen molar-refractivity contribution in [1.82, 2.24) is 0 Å². The maximum atomic E-state index is 12.7. The Kier molecular flexibility index (Phi) is 13.0. The Morgan fingerprint density at radius 2 is 1.90 bits per heavy atom. The van der Waals surface area contributed by atoms with Crippen LogP contribution in [0.25, 0.3) is 0 Å². The van der Waals surface area contributed by atoms with Crippen LogP contribution >= 0.6 is 0 Å². The van der Waals surface area contributed by atoms with E-state index in [1.54, 1.807) is 44.2 Å². The van der Waals surface area contributed by atoms with Gasteiger partial charge in [-0.2, -0.15) is 0 Å². The highest BCUT2D eigenvalue weighted by molar-refractivity contribution is 5.70. The molecule has 0 radical (unpaired) electrons. The van der Waals surface area contributed by atoms with E-state index in [4.69, 9.17) is 18.9 Å². The van der Waals surface area contributed by atoms with Gasteiger partial charge in [-0.1, -0.05) is 45.1 Å². The molecule has 0 aromatic heterocycles. The average molecular weight is 595 g/mol. The Labute approximate surface area is 249 Å². The first-order valence-electron chi connectivity index (χ1n) is 14.8. The number of carbonyl (C=O) groups excluding carboxylic acids is 3. The van der Waals surface area contributed by atoms with Crippen LogP contribution in [0.3, 0.4) is 0 Å². The van der Waals surface area contributed by atoms with E-state index in [1.165, 1.54) is 20.8 Å². The third-order valence-electron chi connectivity index (χ3n) is 7.94. The Morgan fingerprint density at radius 3 is 2.50 bits per heavy atom. The minimum Gasteiger partial charge on any atom is -0.462 e. The highest BCUT2D eigenvalue weighted by atomic mass is 16.6. The molecule has 2 aliphatic rings. The van der Waals surface area contributed by atoms with Gasteiger partial charge in [0.1, 0.15) is 23.9 Å². The van der Waals surface area contributed by atoms with Crippen LogP contribution in [0.5, 0.6) is 0 Å². The zero-order chi connectivity index (χ0) is 31.8. The summed E-state index contributed by atoms with van der Waals surface area (Å²) in [7, 11) is 0. The topological polar surface area (TPSA) is 152 Å². The first-order chi connectivity index (χ1) is 19.5. The van der Waals surface area contributed by atoms with E-state index in [0.717, 1.165) is 0 Å². The number of aliphatic hydroxyl groups excluding tert-OH is 1. The van der Waals surface area contributed by atoms with Crippen molar-refractivity contribution in [3.8, 4) is 0 Å². The predicted molar refractivity (Wildman–Crippen MR) is 156 cm³/mol. The highest BCUT2D eigenvalue weighted by Gasteiger charge is 2.48. The third-order valence-corrected chi connectivity index (χ3v) is 7.94. The monoisotopic (exact) mass is 594 g/mol. The standard InChI is InChI=1S/C32H50O10/c1-9-25(39-22(5)33)21(4)30-26(41-30)18-31(7,37)15-10-11-19(2)29-20(3)12-13-27(40-23(6)34)32(8,38)16-14-24(35)17-28(36)42-29/h10-13,15,20-21,24-27,29-30,35,37-38H,9,14,16-18H2,1-8H3/b13-12+,15-10+,19-11+. The van der Waals surface area contributed by atoms with E-state index in [9.17, 15) is 29.7 Å². The number of cyclic esters (lactones) is 1. The molecular formula is C32H50O10. The molecule has 10 unspecified atom stereocenters. The predicted octanol–water partition coefficient (Wildman–Crippen LogP) is 3.71. The number of allylic oxidation sites excluding steroid dienone is 2. The number of aliphatic hydroxyl groups is 3. The molecule has 10 nitrogen and oxygen atoms in total. The molecule has 238 valence electrons. The molecule has 42 heavy (non-hydrogen) atoms. The van der Waals surface area contributed by atoms with E-state index in [1.807, 2.05) is 20.8 Å². The second kappa shape index (κ2) is 15.3. The van der Waals surface area contributed by atoms with Crippen LogP contribution in [0.1, 0.15) is 87.5 Å². The number of hydrogen-bond acceptors (Lipinski definition) is 10. The lowest BCUT2D eigenvalue weighted by atomic mass is 9.88. The molecule has 2 heterocycles. The van der Waals surface area contributed by atoms with Gasteiger partial charge in [0.2, 0.25) is 0 Å². The lowest BCUT2D eigenvalue weighted by Gasteiger charge is -2.32. The highest BCUT2D eigenvalue weighted by Crippen LogP contribution is 2.38. The number of carbonyl (C=O) groups is 3. The van der Waals surface area contributed by atoms with E-state index >= 15 is 0 Å². The van der Waals surface area contributed by atoms with Crippen molar-refractivity contribution in [2.45, 2.75) is 135 Å². The van der Waals surface area contributed by atoms with Gasteiger partial charge in [-0.05, 0) is 51.7 Å². The Bertz CT molecular complexity index is 1030. The molecule has 10 atom stereocenters. The Hall–Kier alpha value is -2.53. The molecule has 0 aromatic carbocycles. The summed E-state index contributed by atoms with van der Waals surface area (Å²) in [6.07, 6.45) is 6.25. The van der Waals surface area contributed by atoms with Crippen molar-refractivity contribution in [3.05, 3.63) is 36.0 Å². The molecule has 0 aromatic rings. The van der Waals surface area contributed by atoms with Gasteiger partial charge in [0.05, 0.1) is 30.3 Å². The maximum absolute atomic E-state index is 12.7. The zero-order valence-corrected chi connectivity index (χ0v) is 26.2. The number of rotatable bonds is 10. The Balaban J connectivity index is 2.16. The van der Waals surface area contributed by atoms with Crippen LogP contribution in [0.2, 0.25) is 0 Å². The van der Waals surface area contributed by atoms with Gasteiger partial charge in [0, 0.05) is 32.1 Å². The number of ether oxygens (including phenoxy) is 4. The van der Waals surface area contributed by atoms with E-state index in [0.29, 0.717) is 18.4 Å². The van der Waals surface area contributed by atoms with Gasteiger partial charge in [0.15, 0.2) is 0 Å². The zero-order valence-electron chi connectivity index (χ0n) is 26.2. The summed E-state index contributed by atoms with van der Waals surface area (Å²) in [5, 5.41) is 32.3. The first kappa shape index (κ1) is 35.7. The third kappa shape index (κ3) is 11.3. The van der Waals surface area contributed by atoms with Crippen molar-refractivity contribution >= 4 is 17.9 Å². The van der Waals surface area contributed by atoms with Gasteiger partial charge in [-0.25, -0.2) is 0 Å². The summed E-state index contributed by atoms with van der Waals surface area (Å²) in [5.41, 5.74) is -1.93. The van der Waals surface area contributed by atoms with E-state index in [-0.39, 0.29) is 55.4 Å². The summed E-state index contributed by atoms with van der Waals surface area (Å²) < 4.78 is 22.3.